The Morgan fingerprint density at radius 3 is 2.68 bits per heavy atom. The lowest BCUT2D eigenvalue weighted by atomic mass is 10.1. The number of hydrogen-bond acceptors (Lipinski definition) is 5. The Morgan fingerprint density at radius 1 is 0.935 bits per heavy atom. The van der Waals surface area contributed by atoms with Crippen LogP contribution in [0.4, 0.5) is 5.82 Å². The van der Waals surface area contributed by atoms with Crippen LogP contribution in [0.15, 0.2) is 85.6 Å². The van der Waals surface area contributed by atoms with Gasteiger partial charge in [-0.3, -0.25) is 4.98 Å². The fraction of sp³-hybridized carbons (Fsp3) is 0.125. The van der Waals surface area contributed by atoms with Crippen molar-refractivity contribution in [1.29, 1.82) is 0 Å². The van der Waals surface area contributed by atoms with Crippen molar-refractivity contribution >= 4 is 16.7 Å². The molecule has 0 unspecified atom stereocenters. The minimum absolute atomic E-state index is 0.509. The molecule has 4 heterocycles. The minimum Gasteiger partial charge on any atom is -0.309 e. The van der Waals surface area contributed by atoms with E-state index in [0.717, 1.165) is 39.4 Å². The zero-order valence-corrected chi connectivity index (χ0v) is 16.8. The van der Waals surface area contributed by atoms with Gasteiger partial charge in [0.2, 0.25) is 12.4 Å². The molecule has 1 fully saturated rings. The summed E-state index contributed by atoms with van der Waals surface area (Å²) >= 11 is 0. The van der Waals surface area contributed by atoms with Crippen LogP contribution < -0.4 is 10.1 Å². The highest BCUT2D eigenvalue weighted by molar-refractivity contribution is 5.83. The summed E-state index contributed by atoms with van der Waals surface area (Å²) < 4.78 is 4.00. The highest BCUT2D eigenvalue weighted by Crippen LogP contribution is 2.37. The van der Waals surface area contributed by atoms with E-state index >= 15 is 0 Å². The fourth-order valence-electron chi connectivity index (χ4n) is 3.72. The first kappa shape index (κ1) is 17.7. The summed E-state index contributed by atoms with van der Waals surface area (Å²) in [6.07, 6.45) is 10.0. The lowest BCUT2D eigenvalue weighted by Gasteiger charge is -2.06. The molecule has 5 aromatic rings. The number of para-hydroxylation sites is 1. The smallest absolute Gasteiger partial charge is 0.200 e. The molecule has 0 aliphatic heterocycles. The standard InChI is InChI=1S/C24H20N7/c1-2-5-21-18(4-1)14-19(15-25-21)17-10-12-30(13-11-17)29-23-7-3-6-22(27-23)24-28-26-16-31(24)20-8-9-20/h1-7,10-16,20H,8-9H2,(H,27,29)/q+1. The van der Waals surface area contributed by atoms with Crippen molar-refractivity contribution in [2.75, 3.05) is 5.43 Å². The second kappa shape index (κ2) is 7.28. The Morgan fingerprint density at radius 2 is 1.81 bits per heavy atom. The molecule has 1 aromatic carbocycles. The topological polar surface area (TPSA) is 72.4 Å². The molecule has 150 valence electrons. The van der Waals surface area contributed by atoms with Gasteiger partial charge in [-0.1, -0.05) is 28.9 Å². The third-order valence-electron chi connectivity index (χ3n) is 5.49. The van der Waals surface area contributed by atoms with E-state index in [0.29, 0.717) is 6.04 Å². The van der Waals surface area contributed by atoms with Gasteiger partial charge >= 0.3 is 0 Å². The molecule has 0 atom stereocenters. The molecule has 4 aromatic heterocycles. The lowest BCUT2D eigenvalue weighted by Crippen LogP contribution is -2.41. The van der Waals surface area contributed by atoms with Gasteiger partial charge in [0.15, 0.2) is 11.6 Å². The van der Waals surface area contributed by atoms with Crippen LogP contribution in [0.25, 0.3) is 33.5 Å². The summed E-state index contributed by atoms with van der Waals surface area (Å²) in [7, 11) is 0. The molecule has 7 heteroatoms. The van der Waals surface area contributed by atoms with Crippen molar-refractivity contribution in [2.45, 2.75) is 18.9 Å². The molecule has 0 amide bonds. The third-order valence-corrected chi connectivity index (χ3v) is 5.49. The molecule has 1 saturated carbocycles. The predicted molar refractivity (Wildman–Crippen MR) is 118 cm³/mol. The van der Waals surface area contributed by atoms with Crippen molar-refractivity contribution in [3.8, 4) is 22.6 Å². The van der Waals surface area contributed by atoms with Crippen LogP contribution in [0.5, 0.6) is 0 Å². The third kappa shape index (κ3) is 3.50. The lowest BCUT2D eigenvalue weighted by molar-refractivity contribution is -0.643. The Hall–Kier alpha value is -4.13. The van der Waals surface area contributed by atoms with Gasteiger partial charge < -0.3 is 4.57 Å². The molecule has 0 saturated heterocycles. The van der Waals surface area contributed by atoms with E-state index in [9.17, 15) is 0 Å². The number of benzene rings is 1. The zero-order chi connectivity index (χ0) is 20.6. The number of fused-ring (bicyclic) bond motifs is 1. The number of nitrogens with one attached hydrogen (secondary N) is 1. The Labute approximate surface area is 179 Å². The molecule has 0 radical (unpaired) electrons. The quantitative estimate of drug-likeness (QED) is 0.446. The van der Waals surface area contributed by atoms with E-state index in [1.165, 1.54) is 12.8 Å². The van der Waals surface area contributed by atoms with E-state index in [2.05, 4.69) is 49.4 Å². The molecule has 7 nitrogen and oxygen atoms in total. The van der Waals surface area contributed by atoms with E-state index in [4.69, 9.17) is 4.98 Å². The second-order valence-corrected chi connectivity index (χ2v) is 7.72. The van der Waals surface area contributed by atoms with Crippen molar-refractivity contribution in [3.05, 3.63) is 85.6 Å². The summed E-state index contributed by atoms with van der Waals surface area (Å²) in [5.74, 6) is 1.56. The van der Waals surface area contributed by atoms with Gasteiger partial charge in [0.25, 0.3) is 0 Å². The van der Waals surface area contributed by atoms with Gasteiger partial charge in [-0.2, -0.15) is 0 Å². The van der Waals surface area contributed by atoms with Crippen LogP contribution in [0.3, 0.4) is 0 Å². The van der Waals surface area contributed by atoms with E-state index in [-0.39, 0.29) is 0 Å². The van der Waals surface area contributed by atoms with Crippen LogP contribution in [0.1, 0.15) is 18.9 Å². The molecule has 0 bridgehead atoms. The maximum atomic E-state index is 4.73. The van der Waals surface area contributed by atoms with Crippen molar-refractivity contribution in [2.24, 2.45) is 0 Å². The van der Waals surface area contributed by atoms with Gasteiger partial charge in [-0.25, -0.2) is 4.98 Å². The predicted octanol–water partition coefficient (Wildman–Crippen LogP) is 4.05. The minimum atomic E-state index is 0.509. The first-order valence-corrected chi connectivity index (χ1v) is 10.3. The zero-order valence-electron chi connectivity index (χ0n) is 16.8. The molecular formula is C24H20N7+. The van der Waals surface area contributed by atoms with Crippen LogP contribution in [-0.4, -0.2) is 24.7 Å². The Kier molecular flexibility index (Phi) is 4.16. The van der Waals surface area contributed by atoms with Crippen molar-refractivity contribution in [1.82, 2.24) is 24.7 Å². The number of hydrogen-bond donors (Lipinski definition) is 1. The molecule has 31 heavy (non-hydrogen) atoms. The molecule has 0 spiro atoms. The van der Waals surface area contributed by atoms with Gasteiger partial charge in [0.05, 0.1) is 5.52 Å². The summed E-state index contributed by atoms with van der Waals surface area (Å²) in [4.78, 5) is 9.29. The Bertz CT molecular complexity index is 1370. The average Bonchev–Trinajstić information content (AvgIpc) is 3.55. The summed E-state index contributed by atoms with van der Waals surface area (Å²) in [5.41, 5.74) is 7.32. The maximum Gasteiger partial charge on any atom is 0.200 e. The number of rotatable bonds is 5. The van der Waals surface area contributed by atoms with Crippen LogP contribution in [0.2, 0.25) is 0 Å². The van der Waals surface area contributed by atoms with Gasteiger partial charge in [-0.05, 0) is 42.7 Å². The van der Waals surface area contributed by atoms with Crippen LogP contribution in [-0.2, 0) is 0 Å². The van der Waals surface area contributed by atoms with E-state index < -0.39 is 0 Å². The first-order chi connectivity index (χ1) is 15.3. The normalized spacial score (nSPS) is 13.4. The number of anilines is 1. The summed E-state index contributed by atoms with van der Waals surface area (Å²) in [5, 5.41) is 9.48. The second-order valence-electron chi connectivity index (χ2n) is 7.72. The molecule has 1 N–H and O–H groups in total. The van der Waals surface area contributed by atoms with Crippen molar-refractivity contribution < 1.29 is 4.68 Å². The SMILES string of the molecule is c1cc(N[n+]2ccc(-c3cnc4ccccc4c3)cc2)nc(-c2nncn2C2CC2)c1. The van der Waals surface area contributed by atoms with E-state index in [1.54, 1.807) is 6.33 Å². The average molecular weight is 406 g/mol. The fourth-order valence-corrected chi connectivity index (χ4v) is 3.72. The Balaban J connectivity index is 1.24. The van der Waals surface area contributed by atoms with Gasteiger partial charge in [0, 0.05) is 35.3 Å². The van der Waals surface area contributed by atoms with Crippen LogP contribution in [0, 0.1) is 0 Å². The van der Waals surface area contributed by atoms with Crippen molar-refractivity contribution in [3.63, 3.8) is 0 Å². The summed E-state index contributed by atoms with van der Waals surface area (Å²) in [6, 6.07) is 20.8. The monoisotopic (exact) mass is 406 g/mol. The maximum absolute atomic E-state index is 4.73. The molecule has 1 aliphatic carbocycles. The number of pyridine rings is 3. The van der Waals surface area contributed by atoms with Crippen LogP contribution >= 0.6 is 0 Å². The molecular weight excluding hydrogens is 386 g/mol. The molecule has 6 rings (SSSR count). The van der Waals surface area contributed by atoms with E-state index in [1.807, 2.05) is 59.7 Å². The highest BCUT2D eigenvalue weighted by atomic mass is 15.4. The number of aromatic nitrogens is 6. The number of nitrogens with zero attached hydrogens (tertiary/aromatic N) is 6. The summed E-state index contributed by atoms with van der Waals surface area (Å²) in [6.45, 7) is 0. The largest absolute Gasteiger partial charge is 0.309 e. The molecule has 1 aliphatic rings. The van der Waals surface area contributed by atoms with Gasteiger partial charge in [0.1, 0.15) is 12.0 Å². The highest BCUT2D eigenvalue weighted by Gasteiger charge is 2.27. The first-order valence-electron chi connectivity index (χ1n) is 10.3. The van der Waals surface area contributed by atoms with Gasteiger partial charge in [-0.15, -0.1) is 15.6 Å².